The number of aromatic amines is 1. The van der Waals surface area contributed by atoms with Gasteiger partial charge in [0.25, 0.3) is 0 Å². The van der Waals surface area contributed by atoms with Gasteiger partial charge in [0.2, 0.25) is 0 Å². The van der Waals surface area contributed by atoms with Gasteiger partial charge in [-0.15, -0.1) is 0 Å². The minimum atomic E-state index is 1.01. The van der Waals surface area contributed by atoms with Crippen LogP contribution in [0.1, 0.15) is 11.3 Å². The molecule has 0 spiro atoms. The zero-order valence-corrected chi connectivity index (χ0v) is 12.8. The molecule has 0 bridgehead atoms. The predicted octanol–water partition coefficient (Wildman–Crippen LogP) is 5.90. The Labute approximate surface area is 135 Å². The number of rotatable bonds is 3. The quantitative estimate of drug-likeness (QED) is 0.484. The van der Waals surface area contributed by atoms with Gasteiger partial charge in [-0.1, -0.05) is 73.3 Å². The number of hydrogen-bond donors (Lipinski definition) is 1. The van der Waals surface area contributed by atoms with Crippen LogP contribution in [-0.4, -0.2) is 4.98 Å². The Morgan fingerprint density at radius 2 is 1.43 bits per heavy atom. The van der Waals surface area contributed by atoms with Crippen molar-refractivity contribution in [2.75, 3.05) is 0 Å². The Kier molecular flexibility index (Phi) is 3.32. The summed E-state index contributed by atoms with van der Waals surface area (Å²) in [6, 6.07) is 29.4. The maximum Gasteiger partial charge on any atom is 0.0464 e. The summed E-state index contributed by atoms with van der Waals surface area (Å²) in [4.78, 5) is 3.45. The fourth-order valence-electron chi connectivity index (χ4n) is 2.91. The smallest absolute Gasteiger partial charge is 0.0464 e. The third kappa shape index (κ3) is 2.58. The van der Waals surface area contributed by atoms with E-state index in [0.29, 0.717) is 0 Å². The first-order valence-corrected chi connectivity index (χ1v) is 7.74. The topological polar surface area (TPSA) is 15.8 Å². The summed E-state index contributed by atoms with van der Waals surface area (Å²) in [5.41, 5.74) is 6.79. The predicted molar refractivity (Wildman–Crippen MR) is 98.3 cm³/mol. The Morgan fingerprint density at radius 3 is 2.26 bits per heavy atom. The van der Waals surface area contributed by atoms with Crippen LogP contribution < -0.4 is 0 Å². The highest BCUT2D eigenvalue weighted by Gasteiger charge is 2.07. The van der Waals surface area contributed by atoms with E-state index in [2.05, 4.69) is 84.4 Å². The van der Waals surface area contributed by atoms with Crippen LogP contribution in [0.3, 0.4) is 0 Å². The molecule has 0 saturated heterocycles. The van der Waals surface area contributed by atoms with Crippen LogP contribution in [0.2, 0.25) is 0 Å². The fraction of sp³-hybridized carbons (Fsp3) is 0. The van der Waals surface area contributed by atoms with Gasteiger partial charge in [0.15, 0.2) is 0 Å². The molecule has 0 aliphatic carbocycles. The number of benzene rings is 3. The van der Waals surface area contributed by atoms with E-state index in [9.17, 15) is 0 Å². The molecule has 0 aliphatic rings. The summed E-state index contributed by atoms with van der Waals surface area (Å²) in [6.45, 7) is 4.29. The summed E-state index contributed by atoms with van der Waals surface area (Å²) in [7, 11) is 0. The molecule has 3 aromatic carbocycles. The Bertz CT molecular complexity index is 944. The van der Waals surface area contributed by atoms with E-state index in [4.69, 9.17) is 0 Å². The summed E-state index contributed by atoms with van der Waals surface area (Å²) >= 11 is 0. The molecule has 1 aromatic heterocycles. The second-order valence-corrected chi connectivity index (χ2v) is 5.70. The zero-order valence-electron chi connectivity index (χ0n) is 12.8. The minimum absolute atomic E-state index is 1.01. The van der Waals surface area contributed by atoms with E-state index in [-0.39, 0.29) is 0 Å². The molecule has 0 aliphatic heterocycles. The van der Waals surface area contributed by atoms with E-state index in [0.717, 1.165) is 22.3 Å². The molecule has 0 unspecified atom stereocenters. The zero-order chi connectivity index (χ0) is 15.6. The second-order valence-electron chi connectivity index (χ2n) is 5.70. The number of aromatic nitrogens is 1. The molecule has 1 N–H and O–H groups in total. The summed E-state index contributed by atoms with van der Waals surface area (Å²) < 4.78 is 0. The summed E-state index contributed by atoms with van der Waals surface area (Å²) in [6.07, 6.45) is 0. The molecule has 0 atom stereocenters. The molecule has 1 heteroatoms. The van der Waals surface area contributed by atoms with Crippen LogP contribution >= 0.6 is 0 Å². The molecule has 0 amide bonds. The fourth-order valence-corrected chi connectivity index (χ4v) is 2.91. The highest BCUT2D eigenvalue weighted by molar-refractivity contribution is 5.88. The van der Waals surface area contributed by atoms with Crippen LogP contribution in [-0.2, 0) is 0 Å². The van der Waals surface area contributed by atoms with E-state index in [1.165, 1.54) is 16.5 Å². The van der Waals surface area contributed by atoms with Crippen molar-refractivity contribution in [2.24, 2.45) is 0 Å². The van der Waals surface area contributed by atoms with E-state index < -0.39 is 0 Å². The van der Waals surface area contributed by atoms with Crippen molar-refractivity contribution in [2.45, 2.75) is 0 Å². The highest BCUT2D eigenvalue weighted by Crippen LogP contribution is 2.28. The molecule has 4 rings (SSSR count). The normalized spacial score (nSPS) is 10.8. The van der Waals surface area contributed by atoms with Gasteiger partial charge in [-0.3, -0.25) is 0 Å². The van der Waals surface area contributed by atoms with E-state index in [1.807, 2.05) is 12.1 Å². The van der Waals surface area contributed by atoms with Gasteiger partial charge in [-0.2, -0.15) is 0 Å². The third-order valence-corrected chi connectivity index (χ3v) is 4.17. The lowest BCUT2D eigenvalue weighted by atomic mass is 9.98. The van der Waals surface area contributed by atoms with Crippen molar-refractivity contribution < 1.29 is 0 Å². The SMILES string of the molecule is C=C(c1cccc(-c2ccccc2)c1)c1cc2ccccc2[nH]1. The Balaban J connectivity index is 1.74. The minimum Gasteiger partial charge on any atom is -0.355 e. The van der Waals surface area contributed by atoms with Crippen molar-refractivity contribution in [3.8, 4) is 11.1 Å². The van der Waals surface area contributed by atoms with E-state index >= 15 is 0 Å². The molecule has 1 heterocycles. The van der Waals surface area contributed by atoms with Crippen molar-refractivity contribution in [3.63, 3.8) is 0 Å². The number of hydrogen-bond acceptors (Lipinski definition) is 0. The molecular formula is C22H17N. The monoisotopic (exact) mass is 295 g/mol. The average Bonchev–Trinajstić information content (AvgIpc) is 3.06. The lowest BCUT2D eigenvalue weighted by Crippen LogP contribution is -1.87. The van der Waals surface area contributed by atoms with Gasteiger partial charge in [-0.25, -0.2) is 0 Å². The van der Waals surface area contributed by atoms with Crippen molar-refractivity contribution >= 4 is 16.5 Å². The van der Waals surface area contributed by atoms with Crippen molar-refractivity contribution in [1.82, 2.24) is 4.98 Å². The van der Waals surface area contributed by atoms with Crippen molar-refractivity contribution in [3.05, 3.63) is 103 Å². The molecule has 1 nitrogen and oxygen atoms in total. The first-order valence-electron chi connectivity index (χ1n) is 7.74. The standard InChI is InChI=1S/C22H17N/c1-16(22-15-20-10-5-6-13-21(20)23-22)18-11-7-12-19(14-18)17-8-3-2-4-9-17/h2-15,23H,1H2. The lowest BCUT2D eigenvalue weighted by molar-refractivity contribution is 1.39. The van der Waals surface area contributed by atoms with Gasteiger partial charge >= 0.3 is 0 Å². The van der Waals surface area contributed by atoms with Gasteiger partial charge < -0.3 is 4.98 Å². The Hall–Kier alpha value is -3.06. The molecule has 0 saturated carbocycles. The van der Waals surface area contributed by atoms with Crippen LogP contribution in [0.15, 0.2) is 91.5 Å². The summed E-state index contributed by atoms with van der Waals surface area (Å²) in [5, 5.41) is 1.21. The van der Waals surface area contributed by atoms with Gasteiger partial charge in [0.1, 0.15) is 0 Å². The lowest BCUT2D eigenvalue weighted by Gasteiger charge is -2.07. The molecular weight excluding hydrogens is 278 g/mol. The Morgan fingerprint density at radius 1 is 0.696 bits per heavy atom. The largest absolute Gasteiger partial charge is 0.355 e. The molecule has 0 fully saturated rings. The van der Waals surface area contributed by atoms with Crippen LogP contribution in [0.4, 0.5) is 0 Å². The number of H-pyrrole nitrogens is 1. The number of para-hydroxylation sites is 1. The van der Waals surface area contributed by atoms with Gasteiger partial charge in [-0.05, 0) is 40.5 Å². The van der Waals surface area contributed by atoms with Gasteiger partial charge in [0, 0.05) is 16.6 Å². The van der Waals surface area contributed by atoms with Crippen LogP contribution in [0, 0.1) is 0 Å². The number of nitrogens with one attached hydrogen (secondary N) is 1. The molecule has 0 radical (unpaired) electrons. The third-order valence-electron chi connectivity index (χ3n) is 4.17. The van der Waals surface area contributed by atoms with E-state index in [1.54, 1.807) is 0 Å². The first-order chi connectivity index (χ1) is 11.3. The summed E-state index contributed by atoms with van der Waals surface area (Å²) in [5.74, 6) is 0. The number of fused-ring (bicyclic) bond motifs is 1. The highest BCUT2D eigenvalue weighted by atomic mass is 14.7. The van der Waals surface area contributed by atoms with Crippen molar-refractivity contribution in [1.29, 1.82) is 0 Å². The van der Waals surface area contributed by atoms with Crippen LogP contribution in [0.5, 0.6) is 0 Å². The molecule has 110 valence electrons. The molecule has 23 heavy (non-hydrogen) atoms. The first kappa shape index (κ1) is 13.6. The maximum absolute atomic E-state index is 4.29. The maximum atomic E-state index is 4.29. The second kappa shape index (κ2) is 5.62. The average molecular weight is 295 g/mol. The molecule has 4 aromatic rings. The van der Waals surface area contributed by atoms with Crippen LogP contribution in [0.25, 0.3) is 27.6 Å². The van der Waals surface area contributed by atoms with Gasteiger partial charge in [0.05, 0.1) is 0 Å².